The summed E-state index contributed by atoms with van der Waals surface area (Å²) in [5.41, 5.74) is 1.35. The largest absolute Gasteiger partial charge is 0.506 e. The molecular weight excluding hydrogens is 264 g/mol. The molecule has 1 heterocycles. The van der Waals surface area contributed by atoms with Gasteiger partial charge in [-0.1, -0.05) is 12.1 Å². The number of hydrogen-bond donors (Lipinski definition) is 1. The Balaban J connectivity index is 2.52. The van der Waals surface area contributed by atoms with Crippen LogP contribution in [0, 0.1) is 0 Å². The molecule has 0 bridgehead atoms. The van der Waals surface area contributed by atoms with E-state index in [0.29, 0.717) is 11.1 Å². The summed E-state index contributed by atoms with van der Waals surface area (Å²) in [5.74, 6) is 0.0402. The molecule has 0 atom stereocenters. The SMILES string of the molecule is CN(C)S(=O)(=O)c1cccc(-c2cncc(O)c2)c1. The summed E-state index contributed by atoms with van der Waals surface area (Å²) >= 11 is 0. The highest BCUT2D eigenvalue weighted by atomic mass is 32.2. The van der Waals surface area contributed by atoms with Crippen LogP contribution in [-0.4, -0.2) is 36.9 Å². The number of aromatic hydroxyl groups is 1. The van der Waals surface area contributed by atoms with Crippen LogP contribution in [0.15, 0.2) is 47.6 Å². The first-order valence-corrected chi connectivity index (χ1v) is 7.02. The van der Waals surface area contributed by atoms with Crippen LogP contribution in [0.4, 0.5) is 0 Å². The smallest absolute Gasteiger partial charge is 0.242 e. The summed E-state index contributed by atoms with van der Waals surface area (Å²) in [6, 6.07) is 8.07. The first-order chi connectivity index (χ1) is 8.91. The number of rotatable bonds is 3. The summed E-state index contributed by atoms with van der Waals surface area (Å²) in [4.78, 5) is 4.08. The second-order valence-corrected chi connectivity index (χ2v) is 6.40. The van der Waals surface area contributed by atoms with Crippen LogP contribution in [0.5, 0.6) is 5.75 Å². The van der Waals surface area contributed by atoms with Crippen molar-refractivity contribution in [2.45, 2.75) is 4.90 Å². The zero-order chi connectivity index (χ0) is 14.0. The van der Waals surface area contributed by atoms with Gasteiger partial charge in [-0.05, 0) is 23.8 Å². The molecule has 2 aromatic rings. The average molecular weight is 278 g/mol. The lowest BCUT2D eigenvalue weighted by Crippen LogP contribution is -2.22. The van der Waals surface area contributed by atoms with Crippen molar-refractivity contribution in [2.24, 2.45) is 0 Å². The molecule has 0 aliphatic carbocycles. The number of nitrogens with zero attached hydrogens (tertiary/aromatic N) is 2. The highest BCUT2D eigenvalue weighted by Crippen LogP contribution is 2.25. The predicted octanol–water partition coefficient (Wildman–Crippen LogP) is 1.70. The summed E-state index contributed by atoms with van der Waals surface area (Å²) in [5, 5.41) is 9.40. The van der Waals surface area contributed by atoms with Gasteiger partial charge < -0.3 is 5.11 Å². The maximum atomic E-state index is 12.0. The van der Waals surface area contributed by atoms with Gasteiger partial charge in [0, 0.05) is 25.9 Å². The molecule has 0 unspecified atom stereocenters. The molecule has 100 valence electrons. The number of aromatic nitrogens is 1. The third kappa shape index (κ3) is 2.74. The molecule has 0 saturated heterocycles. The molecule has 5 nitrogen and oxygen atoms in total. The molecule has 0 spiro atoms. The van der Waals surface area contributed by atoms with Gasteiger partial charge in [-0.15, -0.1) is 0 Å². The minimum Gasteiger partial charge on any atom is -0.506 e. The monoisotopic (exact) mass is 278 g/mol. The molecule has 1 aromatic heterocycles. The molecule has 0 radical (unpaired) electrons. The Labute approximate surface area is 112 Å². The fraction of sp³-hybridized carbons (Fsp3) is 0.154. The first-order valence-electron chi connectivity index (χ1n) is 5.58. The number of sulfonamides is 1. The Morgan fingerprint density at radius 2 is 1.84 bits per heavy atom. The lowest BCUT2D eigenvalue weighted by Gasteiger charge is -2.12. The van der Waals surface area contributed by atoms with Crippen molar-refractivity contribution in [3.05, 3.63) is 42.7 Å². The van der Waals surface area contributed by atoms with Gasteiger partial charge in [-0.25, -0.2) is 12.7 Å². The van der Waals surface area contributed by atoms with E-state index in [4.69, 9.17) is 0 Å². The van der Waals surface area contributed by atoms with Gasteiger partial charge in [0.15, 0.2) is 0 Å². The Morgan fingerprint density at radius 3 is 2.47 bits per heavy atom. The van der Waals surface area contributed by atoms with Crippen molar-refractivity contribution >= 4 is 10.0 Å². The number of benzene rings is 1. The Morgan fingerprint density at radius 1 is 1.11 bits per heavy atom. The highest BCUT2D eigenvalue weighted by Gasteiger charge is 2.17. The van der Waals surface area contributed by atoms with E-state index in [1.54, 1.807) is 24.4 Å². The molecule has 1 N–H and O–H groups in total. The fourth-order valence-electron chi connectivity index (χ4n) is 1.63. The Bertz CT molecular complexity index is 697. The van der Waals surface area contributed by atoms with Gasteiger partial charge in [0.25, 0.3) is 0 Å². The third-order valence-electron chi connectivity index (χ3n) is 2.67. The van der Waals surface area contributed by atoms with E-state index in [1.807, 2.05) is 0 Å². The van der Waals surface area contributed by atoms with Crippen molar-refractivity contribution in [3.8, 4) is 16.9 Å². The van der Waals surface area contributed by atoms with E-state index in [2.05, 4.69) is 4.98 Å². The van der Waals surface area contributed by atoms with Crippen molar-refractivity contribution in [2.75, 3.05) is 14.1 Å². The second kappa shape index (κ2) is 4.99. The molecule has 0 amide bonds. The van der Waals surface area contributed by atoms with Crippen LogP contribution < -0.4 is 0 Å². The van der Waals surface area contributed by atoms with Crippen molar-refractivity contribution in [1.29, 1.82) is 0 Å². The van der Waals surface area contributed by atoms with Crippen LogP contribution in [0.3, 0.4) is 0 Å². The molecule has 0 fully saturated rings. The maximum absolute atomic E-state index is 12.0. The molecule has 0 aliphatic heterocycles. The normalized spacial score (nSPS) is 11.7. The van der Waals surface area contributed by atoms with E-state index in [1.165, 1.54) is 32.4 Å². The minimum absolute atomic E-state index is 0.0402. The topological polar surface area (TPSA) is 70.5 Å². The summed E-state index contributed by atoms with van der Waals surface area (Å²) in [6.45, 7) is 0. The van der Waals surface area contributed by atoms with Crippen molar-refractivity contribution in [1.82, 2.24) is 9.29 Å². The van der Waals surface area contributed by atoms with Crippen molar-refractivity contribution in [3.63, 3.8) is 0 Å². The van der Waals surface area contributed by atoms with E-state index in [-0.39, 0.29) is 10.6 Å². The number of hydrogen-bond acceptors (Lipinski definition) is 4. The molecule has 19 heavy (non-hydrogen) atoms. The number of pyridine rings is 1. The van der Waals surface area contributed by atoms with E-state index in [0.717, 1.165) is 4.31 Å². The quantitative estimate of drug-likeness (QED) is 0.927. The van der Waals surface area contributed by atoms with Gasteiger partial charge >= 0.3 is 0 Å². The molecule has 0 aliphatic rings. The van der Waals surface area contributed by atoms with Gasteiger partial charge in [0.1, 0.15) is 5.75 Å². The minimum atomic E-state index is -3.47. The van der Waals surface area contributed by atoms with Crippen LogP contribution in [-0.2, 0) is 10.0 Å². The fourth-order valence-corrected chi connectivity index (χ4v) is 2.58. The predicted molar refractivity (Wildman–Crippen MR) is 72.2 cm³/mol. The van der Waals surface area contributed by atoms with Gasteiger partial charge in [0.05, 0.1) is 11.1 Å². The molecular formula is C13H14N2O3S. The van der Waals surface area contributed by atoms with Crippen LogP contribution in [0.2, 0.25) is 0 Å². The zero-order valence-electron chi connectivity index (χ0n) is 10.6. The van der Waals surface area contributed by atoms with E-state index in [9.17, 15) is 13.5 Å². The van der Waals surface area contributed by atoms with E-state index >= 15 is 0 Å². The molecule has 6 heteroatoms. The Kier molecular flexibility index (Phi) is 3.55. The first kappa shape index (κ1) is 13.5. The van der Waals surface area contributed by atoms with Crippen LogP contribution in [0.25, 0.3) is 11.1 Å². The maximum Gasteiger partial charge on any atom is 0.242 e. The van der Waals surface area contributed by atoms with Gasteiger partial charge in [-0.2, -0.15) is 0 Å². The second-order valence-electron chi connectivity index (χ2n) is 4.25. The molecule has 2 rings (SSSR count). The van der Waals surface area contributed by atoms with Crippen LogP contribution in [0.1, 0.15) is 0 Å². The van der Waals surface area contributed by atoms with Crippen LogP contribution >= 0.6 is 0 Å². The third-order valence-corrected chi connectivity index (χ3v) is 4.48. The van der Waals surface area contributed by atoms with Gasteiger partial charge in [0.2, 0.25) is 10.0 Å². The summed E-state index contributed by atoms with van der Waals surface area (Å²) < 4.78 is 25.2. The lowest BCUT2D eigenvalue weighted by atomic mass is 10.1. The van der Waals surface area contributed by atoms with Crippen molar-refractivity contribution < 1.29 is 13.5 Å². The van der Waals surface area contributed by atoms with Gasteiger partial charge in [-0.3, -0.25) is 4.98 Å². The Hall–Kier alpha value is -1.92. The molecule has 0 saturated carbocycles. The zero-order valence-corrected chi connectivity index (χ0v) is 11.4. The lowest BCUT2D eigenvalue weighted by molar-refractivity contribution is 0.473. The van der Waals surface area contributed by atoms with E-state index < -0.39 is 10.0 Å². The summed E-state index contributed by atoms with van der Waals surface area (Å²) in [6.07, 6.45) is 2.89. The standard InChI is InChI=1S/C13H14N2O3S/c1-15(2)19(17,18)13-5-3-4-10(7-13)11-6-12(16)9-14-8-11/h3-9,16H,1-2H3. The molecule has 1 aromatic carbocycles. The summed E-state index contributed by atoms with van der Waals surface area (Å²) in [7, 11) is -0.499. The highest BCUT2D eigenvalue weighted by molar-refractivity contribution is 7.89. The average Bonchev–Trinajstić information content (AvgIpc) is 2.38.